The molecule has 1 fully saturated rings. The molecule has 146 valence electrons. The van der Waals surface area contributed by atoms with Gasteiger partial charge in [-0.05, 0) is 42.8 Å². The van der Waals surface area contributed by atoms with Crippen LogP contribution in [0.15, 0.2) is 79.4 Å². The van der Waals surface area contributed by atoms with E-state index in [4.69, 9.17) is 10.5 Å². The van der Waals surface area contributed by atoms with Crippen molar-refractivity contribution in [2.24, 2.45) is 0 Å². The summed E-state index contributed by atoms with van der Waals surface area (Å²) in [5.41, 5.74) is 5.76. The summed E-state index contributed by atoms with van der Waals surface area (Å²) in [6.45, 7) is 14.3. The Labute approximate surface area is 165 Å². The molecule has 0 unspecified atom stereocenters. The molecule has 3 nitrogen and oxygen atoms in total. The third-order valence-electron chi connectivity index (χ3n) is 4.39. The van der Waals surface area contributed by atoms with E-state index in [2.05, 4.69) is 92.4 Å². The van der Waals surface area contributed by atoms with E-state index in [0.29, 0.717) is 0 Å². The normalized spacial score (nSPS) is 12.9. The largest absolute Gasteiger partial charge is 0.400 e. The van der Waals surface area contributed by atoms with Crippen LogP contribution in [0.5, 0.6) is 0 Å². The van der Waals surface area contributed by atoms with E-state index in [-0.39, 0.29) is 0 Å². The van der Waals surface area contributed by atoms with E-state index in [9.17, 15) is 0 Å². The second-order valence-electron chi connectivity index (χ2n) is 5.64. The second-order valence-corrected chi connectivity index (χ2v) is 5.64. The fourth-order valence-electron chi connectivity index (χ4n) is 3.17. The van der Waals surface area contributed by atoms with Crippen molar-refractivity contribution in [2.75, 3.05) is 26.7 Å². The lowest BCUT2D eigenvalue weighted by molar-refractivity contribution is 0.270. The lowest BCUT2D eigenvalue weighted by Gasteiger charge is -2.29. The SMILES string of the molecule is C=C.C=N.CCN1CCC(=C(c2ccccc2)c2ccccc2)CC1.CO. The molecule has 0 atom stereocenters. The number of rotatable bonds is 3. The zero-order chi connectivity index (χ0) is 20.5. The first-order valence-electron chi connectivity index (χ1n) is 9.24. The van der Waals surface area contributed by atoms with E-state index in [1.165, 1.54) is 49.2 Å². The molecule has 0 amide bonds. The van der Waals surface area contributed by atoms with E-state index in [1.807, 2.05) is 0 Å². The number of hydrogen-bond acceptors (Lipinski definition) is 3. The van der Waals surface area contributed by atoms with Gasteiger partial charge in [-0.2, -0.15) is 0 Å². The average Bonchev–Trinajstić information content (AvgIpc) is 2.80. The highest BCUT2D eigenvalue weighted by Crippen LogP contribution is 2.32. The van der Waals surface area contributed by atoms with Gasteiger partial charge in [-0.3, -0.25) is 0 Å². The Kier molecular flexibility index (Phi) is 14.3. The Hall–Kier alpha value is -2.49. The van der Waals surface area contributed by atoms with Gasteiger partial charge in [0.05, 0.1) is 0 Å². The molecule has 0 aliphatic carbocycles. The molecule has 3 rings (SSSR count). The van der Waals surface area contributed by atoms with E-state index >= 15 is 0 Å². The summed E-state index contributed by atoms with van der Waals surface area (Å²) in [7, 11) is 1.00. The molecule has 0 saturated carbocycles. The average molecular weight is 367 g/mol. The van der Waals surface area contributed by atoms with Crippen LogP contribution in [0.25, 0.3) is 5.57 Å². The van der Waals surface area contributed by atoms with Gasteiger partial charge in [-0.15, -0.1) is 13.2 Å². The maximum atomic E-state index is 7.00. The van der Waals surface area contributed by atoms with Gasteiger partial charge in [0.15, 0.2) is 0 Å². The standard InChI is InChI=1S/C20H23N.C2H4.CH3N.CH4O/c1-2-21-15-13-19(14-16-21)20(17-9-5-3-6-10-17)18-11-7-4-8-12-18;3*1-2/h3-12H,2,13-16H2,1H3;1-2H2;2H,1H2;2H,1H3. The maximum absolute atomic E-state index is 7.00. The van der Waals surface area contributed by atoms with Crippen LogP contribution in [-0.2, 0) is 0 Å². The molecule has 2 N–H and O–H groups in total. The minimum absolute atomic E-state index is 1.00. The first-order chi connectivity index (χ1) is 13.4. The van der Waals surface area contributed by atoms with E-state index in [1.54, 1.807) is 5.57 Å². The van der Waals surface area contributed by atoms with Crippen molar-refractivity contribution < 1.29 is 5.11 Å². The van der Waals surface area contributed by atoms with E-state index in [0.717, 1.165) is 7.11 Å². The van der Waals surface area contributed by atoms with Gasteiger partial charge in [-0.1, -0.05) is 73.2 Å². The fraction of sp³-hybridized carbons (Fsp3) is 0.292. The zero-order valence-electron chi connectivity index (χ0n) is 16.8. The molecule has 2 aromatic carbocycles. The number of nitrogens with zero attached hydrogens (tertiary/aromatic N) is 1. The minimum atomic E-state index is 1.00. The quantitative estimate of drug-likeness (QED) is 0.573. The molecular formula is C24H34N2O. The third-order valence-corrected chi connectivity index (χ3v) is 4.39. The van der Waals surface area contributed by atoms with Gasteiger partial charge in [0.2, 0.25) is 0 Å². The summed E-state index contributed by atoms with van der Waals surface area (Å²) in [4.78, 5) is 2.54. The molecule has 27 heavy (non-hydrogen) atoms. The summed E-state index contributed by atoms with van der Waals surface area (Å²) in [6.07, 6.45) is 2.37. The van der Waals surface area contributed by atoms with Crippen LogP contribution in [0.2, 0.25) is 0 Å². The van der Waals surface area contributed by atoms with Gasteiger partial charge >= 0.3 is 0 Å². The summed E-state index contributed by atoms with van der Waals surface area (Å²) < 4.78 is 0. The zero-order valence-corrected chi connectivity index (χ0v) is 16.8. The Balaban J connectivity index is 0.00000103. The van der Waals surface area contributed by atoms with Crippen LogP contribution in [-0.4, -0.2) is 43.5 Å². The highest BCUT2D eigenvalue weighted by Gasteiger charge is 2.17. The molecule has 1 aliphatic heterocycles. The molecule has 2 aromatic rings. The number of nitrogens with one attached hydrogen (secondary N) is 1. The number of hydrogen-bond donors (Lipinski definition) is 2. The van der Waals surface area contributed by atoms with Crippen molar-refractivity contribution in [1.82, 2.24) is 4.90 Å². The number of aliphatic hydroxyl groups excluding tert-OH is 1. The van der Waals surface area contributed by atoms with Crippen molar-refractivity contribution >= 4 is 12.3 Å². The Morgan fingerprint density at radius 2 is 1.22 bits per heavy atom. The summed E-state index contributed by atoms with van der Waals surface area (Å²) >= 11 is 0. The van der Waals surface area contributed by atoms with Crippen LogP contribution in [0, 0.1) is 5.41 Å². The molecule has 0 radical (unpaired) electrons. The maximum Gasteiger partial charge on any atom is 0.0319 e. The Morgan fingerprint density at radius 3 is 1.56 bits per heavy atom. The molecule has 3 heteroatoms. The lowest BCUT2D eigenvalue weighted by Crippen LogP contribution is -2.30. The Bertz CT molecular complexity index is 584. The first kappa shape index (κ1) is 24.5. The molecule has 0 spiro atoms. The van der Waals surface area contributed by atoms with Crippen molar-refractivity contribution in [1.29, 1.82) is 5.41 Å². The van der Waals surface area contributed by atoms with Crippen LogP contribution >= 0.6 is 0 Å². The predicted molar refractivity (Wildman–Crippen MR) is 119 cm³/mol. The topological polar surface area (TPSA) is 47.3 Å². The number of aliphatic hydroxyl groups is 1. The second kappa shape index (κ2) is 15.7. The highest BCUT2D eigenvalue weighted by atomic mass is 16.2. The lowest BCUT2D eigenvalue weighted by atomic mass is 9.88. The van der Waals surface area contributed by atoms with Crippen molar-refractivity contribution in [3.8, 4) is 0 Å². The monoisotopic (exact) mass is 366 g/mol. The molecular weight excluding hydrogens is 332 g/mol. The number of benzene rings is 2. The summed E-state index contributed by atoms with van der Waals surface area (Å²) in [5, 5.41) is 12.5. The molecule has 1 saturated heterocycles. The van der Waals surface area contributed by atoms with Gasteiger partial charge in [0.1, 0.15) is 0 Å². The van der Waals surface area contributed by atoms with Gasteiger partial charge in [-0.25, -0.2) is 0 Å². The van der Waals surface area contributed by atoms with Crippen molar-refractivity contribution in [2.45, 2.75) is 19.8 Å². The molecule has 0 bridgehead atoms. The van der Waals surface area contributed by atoms with Crippen LogP contribution in [0.3, 0.4) is 0 Å². The highest BCUT2D eigenvalue weighted by molar-refractivity contribution is 5.82. The van der Waals surface area contributed by atoms with E-state index < -0.39 is 0 Å². The van der Waals surface area contributed by atoms with Gasteiger partial charge < -0.3 is 15.4 Å². The van der Waals surface area contributed by atoms with Crippen LogP contribution in [0.1, 0.15) is 30.9 Å². The summed E-state index contributed by atoms with van der Waals surface area (Å²) in [5.74, 6) is 0. The van der Waals surface area contributed by atoms with Crippen molar-refractivity contribution in [3.63, 3.8) is 0 Å². The minimum Gasteiger partial charge on any atom is -0.400 e. The first-order valence-corrected chi connectivity index (χ1v) is 9.24. The molecule has 1 heterocycles. The number of likely N-dealkylation sites (tertiary alicyclic amines) is 1. The molecule has 1 aliphatic rings. The predicted octanol–water partition coefficient (Wildman–Crippen LogP) is 5.28. The molecule has 0 aromatic heterocycles. The smallest absolute Gasteiger partial charge is 0.0319 e. The van der Waals surface area contributed by atoms with Gasteiger partial charge in [0.25, 0.3) is 0 Å². The van der Waals surface area contributed by atoms with Gasteiger partial charge in [0, 0.05) is 20.2 Å². The Morgan fingerprint density at radius 1 is 0.852 bits per heavy atom. The fourth-order valence-corrected chi connectivity index (χ4v) is 3.17. The third kappa shape index (κ3) is 7.73. The van der Waals surface area contributed by atoms with Crippen LogP contribution < -0.4 is 0 Å². The summed E-state index contributed by atoms with van der Waals surface area (Å²) in [6, 6.07) is 21.7. The van der Waals surface area contributed by atoms with Crippen LogP contribution in [0.4, 0.5) is 0 Å². The van der Waals surface area contributed by atoms with Crippen molar-refractivity contribution in [3.05, 3.63) is 90.5 Å². The number of piperidine rings is 1.